The molecule has 2 aromatic carbocycles. The molecule has 6 heteroatoms. The summed E-state index contributed by atoms with van der Waals surface area (Å²) in [5.74, 6) is -0.828. The van der Waals surface area contributed by atoms with Gasteiger partial charge >= 0.3 is 0 Å². The number of morpholine rings is 1. The molecule has 0 bridgehead atoms. The second-order valence-corrected chi connectivity index (χ2v) is 7.18. The van der Waals surface area contributed by atoms with Crippen molar-refractivity contribution in [2.45, 2.75) is 24.3 Å². The molecule has 4 rings (SSSR count). The average Bonchev–Trinajstić information content (AvgIpc) is 3.16. The highest BCUT2D eigenvalue weighted by Gasteiger charge is 2.46. The van der Waals surface area contributed by atoms with Gasteiger partial charge in [0, 0.05) is 13.0 Å². The van der Waals surface area contributed by atoms with E-state index in [1.807, 2.05) is 30.3 Å². The quantitative estimate of drug-likeness (QED) is 0.900. The Morgan fingerprint density at radius 3 is 2.26 bits per heavy atom. The topological polar surface area (TPSA) is 41.6 Å². The third-order valence-corrected chi connectivity index (χ3v) is 5.29. The van der Waals surface area contributed by atoms with E-state index in [-0.39, 0.29) is 31.4 Å². The van der Waals surface area contributed by atoms with Crippen LogP contribution in [0.3, 0.4) is 0 Å². The van der Waals surface area contributed by atoms with E-state index in [9.17, 15) is 9.18 Å². The van der Waals surface area contributed by atoms with E-state index in [0.717, 1.165) is 11.1 Å². The molecule has 2 saturated heterocycles. The van der Waals surface area contributed by atoms with Crippen LogP contribution in [-0.2, 0) is 9.53 Å². The van der Waals surface area contributed by atoms with Crippen molar-refractivity contribution >= 4 is 5.91 Å². The van der Waals surface area contributed by atoms with Crippen LogP contribution in [0.5, 0.6) is 0 Å². The normalized spacial score (nSPS) is 28.3. The van der Waals surface area contributed by atoms with Gasteiger partial charge in [-0.1, -0.05) is 42.5 Å². The standard InChI is InChI=1S/C21H22F2N2O2/c22-17-8-6-16(7-9-17)19-13-25(20(26)21(23)10-11-24-14-21)12-18(27-19)15-4-2-1-3-5-15/h1-9,18-19,24H,10-14H2. The fourth-order valence-corrected chi connectivity index (χ4v) is 3.77. The number of alkyl halides is 1. The van der Waals surface area contributed by atoms with Crippen LogP contribution < -0.4 is 5.32 Å². The lowest BCUT2D eigenvalue weighted by Crippen LogP contribution is -2.52. The van der Waals surface area contributed by atoms with Crippen molar-refractivity contribution in [1.29, 1.82) is 0 Å². The van der Waals surface area contributed by atoms with Gasteiger partial charge in [0.2, 0.25) is 5.67 Å². The Kier molecular flexibility index (Phi) is 4.93. The van der Waals surface area contributed by atoms with E-state index < -0.39 is 17.7 Å². The predicted molar refractivity (Wildman–Crippen MR) is 97.3 cm³/mol. The lowest BCUT2D eigenvalue weighted by atomic mass is 9.99. The zero-order valence-corrected chi connectivity index (χ0v) is 14.9. The van der Waals surface area contributed by atoms with Crippen molar-refractivity contribution in [1.82, 2.24) is 10.2 Å². The number of nitrogens with zero attached hydrogens (tertiary/aromatic N) is 1. The Balaban J connectivity index is 1.62. The maximum atomic E-state index is 15.1. The third-order valence-electron chi connectivity index (χ3n) is 5.29. The summed E-state index contributed by atoms with van der Waals surface area (Å²) in [4.78, 5) is 14.5. The van der Waals surface area contributed by atoms with Gasteiger partial charge < -0.3 is 15.0 Å². The number of nitrogens with one attached hydrogen (secondary N) is 1. The van der Waals surface area contributed by atoms with Crippen molar-refractivity contribution in [3.8, 4) is 0 Å². The van der Waals surface area contributed by atoms with E-state index >= 15 is 4.39 Å². The summed E-state index contributed by atoms with van der Waals surface area (Å²) in [6.45, 7) is 1.09. The largest absolute Gasteiger partial charge is 0.362 e. The summed E-state index contributed by atoms with van der Waals surface area (Å²) in [7, 11) is 0. The summed E-state index contributed by atoms with van der Waals surface area (Å²) in [6.07, 6.45) is -0.621. The van der Waals surface area contributed by atoms with Gasteiger partial charge in [0.05, 0.1) is 13.1 Å². The first kappa shape index (κ1) is 18.1. The number of carbonyl (C=O) groups excluding carboxylic acids is 1. The Morgan fingerprint density at radius 1 is 1.04 bits per heavy atom. The minimum Gasteiger partial charge on any atom is -0.362 e. The summed E-state index contributed by atoms with van der Waals surface area (Å²) < 4.78 is 34.6. The van der Waals surface area contributed by atoms with E-state index in [2.05, 4.69) is 5.32 Å². The molecule has 2 heterocycles. The summed E-state index contributed by atoms with van der Waals surface area (Å²) in [5, 5.41) is 2.93. The van der Waals surface area contributed by atoms with E-state index in [0.29, 0.717) is 13.1 Å². The maximum Gasteiger partial charge on any atom is 0.261 e. The summed E-state index contributed by atoms with van der Waals surface area (Å²) in [6, 6.07) is 15.6. The zero-order chi connectivity index (χ0) is 18.9. The lowest BCUT2D eigenvalue weighted by Gasteiger charge is -2.40. The van der Waals surface area contributed by atoms with Crippen molar-refractivity contribution in [3.63, 3.8) is 0 Å². The molecule has 3 unspecified atom stereocenters. The second-order valence-electron chi connectivity index (χ2n) is 7.18. The Labute approximate surface area is 157 Å². The lowest BCUT2D eigenvalue weighted by molar-refractivity contribution is -0.157. The summed E-state index contributed by atoms with van der Waals surface area (Å²) >= 11 is 0. The number of carbonyl (C=O) groups is 1. The first-order chi connectivity index (χ1) is 13.0. The van der Waals surface area contributed by atoms with Gasteiger partial charge in [-0.25, -0.2) is 8.78 Å². The molecule has 142 valence electrons. The third kappa shape index (κ3) is 3.73. The Hall–Kier alpha value is -2.31. The summed E-state index contributed by atoms with van der Waals surface area (Å²) in [5.41, 5.74) is -0.168. The minimum absolute atomic E-state index is 0.0421. The van der Waals surface area contributed by atoms with Crippen LogP contribution in [0, 0.1) is 5.82 Å². The molecule has 3 atom stereocenters. The van der Waals surface area contributed by atoms with Crippen LogP contribution in [0.4, 0.5) is 8.78 Å². The monoisotopic (exact) mass is 372 g/mol. The zero-order valence-electron chi connectivity index (χ0n) is 14.9. The van der Waals surface area contributed by atoms with Gasteiger partial charge in [0.15, 0.2) is 0 Å². The smallest absolute Gasteiger partial charge is 0.261 e. The number of benzene rings is 2. The number of halogens is 2. The first-order valence-corrected chi connectivity index (χ1v) is 9.20. The van der Waals surface area contributed by atoms with Gasteiger partial charge in [-0.05, 0) is 29.8 Å². The molecule has 27 heavy (non-hydrogen) atoms. The molecule has 0 saturated carbocycles. The fraction of sp³-hybridized carbons (Fsp3) is 0.381. The van der Waals surface area contributed by atoms with Crippen molar-refractivity contribution in [2.24, 2.45) is 0 Å². The number of hydrogen-bond donors (Lipinski definition) is 1. The molecule has 1 N–H and O–H groups in total. The van der Waals surface area contributed by atoms with Gasteiger partial charge in [-0.15, -0.1) is 0 Å². The van der Waals surface area contributed by atoms with Crippen molar-refractivity contribution < 1.29 is 18.3 Å². The van der Waals surface area contributed by atoms with Crippen molar-refractivity contribution in [3.05, 3.63) is 71.5 Å². The maximum absolute atomic E-state index is 15.1. The molecule has 2 aliphatic heterocycles. The van der Waals surface area contributed by atoms with Crippen LogP contribution in [0.25, 0.3) is 0 Å². The molecule has 0 spiro atoms. The van der Waals surface area contributed by atoms with Crippen LogP contribution in [0.15, 0.2) is 54.6 Å². The molecule has 1 amide bonds. The molecule has 0 aliphatic carbocycles. The second kappa shape index (κ2) is 7.37. The molecule has 2 fully saturated rings. The fourth-order valence-electron chi connectivity index (χ4n) is 3.77. The molecule has 0 aromatic heterocycles. The van der Waals surface area contributed by atoms with Gasteiger partial charge in [-0.3, -0.25) is 4.79 Å². The van der Waals surface area contributed by atoms with Gasteiger partial charge in [0.25, 0.3) is 5.91 Å². The van der Waals surface area contributed by atoms with E-state index in [1.54, 1.807) is 17.0 Å². The number of amides is 1. The highest BCUT2D eigenvalue weighted by atomic mass is 19.1. The molecule has 0 radical (unpaired) electrons. The van der Waals surface area contributed by atoms with Gasteiger partial charge in [-0.2, -0.15) is 0 Å². The Morgan fingerprint density at radius 2 is 1.67 bits per heavy atom. The van der Waals surface area contributed by atoms with Crippen LogP contribution in [0.2, 0.25) is 0 Å². The number of rotatable bonds is 3. The molecular weight excluding hydrogens is 350 g/mol. The van der Waals surface area contributed by atoms with Crippen LogP contribution in [-0.4, -0.2) is 42.7 Å². The molecule has 2 aromatic rings. The average molecular weight is 372 g/mol. The van der Waals surface area contributed by atoms with Gasteiger partial charge in [0.1, 0.15) is 18.0 Å². The van der Waals surface area contributed by atoms with Crippen molar-refractivity contribution in [2.75, 3.05) is 26.2 Å². The van der Waals surface area contributed by atoms with E-state index in [1.165, 1.54) is 12.1 Å². The number of ether oxygens (including phenoxy) is 1. The highest BCUT2D eigenvalue weighted by Crippen LogP contribution is 2.35. The first-order valence-electron chi connectivity index (χ1n) is 9.20. The molecule has 2 aliphatic rings. The van der Waals surface area contributed by atoms with E-state index in [4.69, 9.17) is 4.74 Å². The molecular formula is C21H22F2N2O2. The predicted octanol–water partition coefficient (Wildman–Crippen LogP) is 3.17. The SMILES string of the molecule is O=C(N1CC(c2ccccc2)OC(c2ccc(F)cc2)C1)C1(F)CCNC1. The minimum atomic E-state index is -1.87. The van der Waals surface area contributed by atoms with Crippen LogP contribution >= 0.6 is 0 Å². The molecule has 4 nitrogen and oxygen atoms in total. The number of hydrogen-bond acceptors (Lipinski definition) is 3. The highest BCUT2D eigenvalue weighted by molar-refractivity contribution is 5.86. The van der Waals surface area contributed by atoms with Crippen LogP contribution in [0.1, 0.15) is 29.8 Å². The Bertz CT molecular complexity index is 792.